The van der Waals surface area contributed by atoms with E-state index in [4.69, 9.17) is 21.1 Å². The van der Waals surface area contributed by atoms with Crippen molar-refractivity contribution in [3.05, 3.63) is 29.3 Å². The molecule has 3 nitrogen and oxygen atoms in total. The zero-order valence-electron chi connectivity index (χ0n) is 12.4. The molecule has 1 heterocycles. The second-order valence-electron chi connectivity index (χ2n) is 4.71. The third kappa shape index (κ3) is 6.78. The Bertz CT molecular complexity index is 584. The van der Waals surface area contributed by atoms with E-state index >= 15 is 0 Å². The van der Waals surface area contributed by atoms with E-state index in [9.17, 15) is 0 Å². The number of benzene rings is 1. The van der Waals surface area contributed by atoms with Crippen LogP contribution in [0.4, 0.5) is 5.69 Å². The van der Waals surface area contributed by atoms with E-state index in [2.05, 4.69) is 28.7 Å². The van der Waals surface area contributed by atoms with Crippen molar-refractivity contribution in [3.63, 3.8) is 0 Å². The third-order valence-corrected chi connectivity index (χ3v) is 3.16. The molecule has 0 radical (unpaired) electrons. The third-order valence-electron chi connectivity index (χ3n) is 2.91. The summed E-state index contributed by atoms with van der Waals surface area (Å²) < 4.78 is 10.9. The summed E-state index contributed by atoms with van der Waals surface area (Å²) >= 11 is 5.87. The predicted octanol–water partition coefficient (Wildman–Crippen LogP) is 3.64. The van der Waals surface area contributed by atoms with E-state index in [0.717, 1.165) is 38.2 Å². The van der Waals surface area contributed by atoms with Crippen LogP contribution in [0.2, 0.25) is 5.02 Å². The van der Waals surface area contributed by atoms with Gasteiger partial charge in [-0.25, -0.2) is 4.99 Å². The molecule has 0 aliphatic carbocycles. The summed E-state index contributed by atoms with van der Waals surface area (Å²) in [5, 5.41) is 0.675. The lowest BCUT2D eigenvalue weighted by Crippen LogP contribution is -2.00. The molecule has 1 aliphatic heterocycles. The lowest BCUT2D eigenvalue weighted by atomic mass is 10.2. The molecule has 0 spiro atoms. The van der Waals surface area contributed by atoms with Gasteiger partial charge in [-0.1, -0.05) is 23.4 Å². The van der Waals surface area contributed by atoms with Gasteiger partial charge in [0.2, 0.25) is 0 Å². The van der Waals surface area contributed by atoms with Crippen molar-refractivity contribution in [3.8, 4) is 23.7 Å². The summed E-state index contributed by atoms with van der Waals surface area (Å²) in [6, 6.07) is 7.24. The quantitative estimate of drug-likeness (QED) is 0.741. The molecular formula is C18H18ClNO2. The molecule has 114 valence electrons. The first-order chi connectivity index (χ1) is 10.8. The Morgan fingerprint density at radius 2 is 1.45 bits per heavy atom. The highest BCUT2D eigenvalue weighted by molar-refractivity contribution is 6.30. The number of hydrogen-bond donors (Lipinski definition) is 0. The van der Waals surface area contributed by atoms with Crippen molar-refractivity contribution in [2.24, 2.45) is 4.99 Å². The fourth-order valence-corrected chi connectivity index (χ4v) is 1.93. The number of aliphatic imine (C=N–C) groups is 1. The highest BCUT2D eigenvalue weighted by atomic mass is 35.5. The van der Waals surface area contributed by atoms with Crippen LogP contribution < -0.4 is 0 Å². The van der Waals surface area contributed by atoms with E-state index in [1.54, 1.807) is 12.1 Å². The van der Waals surface area contributed by atoms with Gasteiger partial charge >= 0.3 is 0 Å². The van der Waals surface area contributed by atoms with Gasteiger partial charge in [-0.15, -0.1) is 0 Å². The second kappa shape index (κ2) is 10.0. The van der Waals surface area contributed by atoms with Gasteiger partial charge in [0.15, 0.2) is 5.71 Å². The van der Waals surface area contributed by atoms with Crippen LogP contribution in [-0.2, 0) is 9.47 Å². The molecule has 0 unspecified atom stereocenters. The molecule has 22 heavy (non-hydrogen) atoms. The molecule has 0 N–H and O–H groups in total. The van der Waals surface area contributed by atoms with Crippen LogP contribution in [0.5, 0.6) is 0 Å². The Morgan fingerprint density at radius 3 is 2.05 bits per heavy atom. The maximum Gasteiger partial charge on any atom is 0.164 e. The fourth-order valence-electron chi connectivity index (χ4n) is 1.80. The summed E-state index contributed by atoms with van der Waals surface area (Å²) in [6.45, 7) is 2.25. The zero-order valence-corrected chi connectivity index (χ0v) is 13.2. The first kappa shape index (κ1) is 16.6. The first-order valence-corrected chi connectivity index (χ1v) is 7.70. The molecule has 1 aromatic rings. The highest BCUT2D eigenvalue weighted by Gasteiger charge is 1.95. The van der Waals surface area contributed by atoms with Crippen molar-refractivity contribution >= 4 is 23.0 Å². The molecule has 1 aromatic carbocycles. The van der Waals surface area contributed by atoms with Crippen LogP contribution in [0.25, 0.3) is 0 Å². The molecule has 0 saturated heterocycles. The van der Waals surface area contributed by atoms with Gasteiger partial charge in [0, 0.05) is 18.2 Å². The minimum atomic E-state index is 0.401. The summed E-state index contributed by atoms with van der Waals surface area (Å²) in [6.07, 6.45) is 3.16. The van der Waals surface area contributed by atoms with Crippen molar-refractivity contribution in [1.82, 2.24) is 0 Å². The number of rotatable bonds is 1. The van der Waals surface area contributed by atoms with Crippen molar-refractivity contribution in [1.29, 1.82) is 0 Å². The zero-order chi connectivity index (χ0) is 15.5. The van der Waals surface area contributed by atoms with Crippen LogP contribution >= 0.6 is 11.6 Å². The Balaban J connectivity index is 2.11. The highest BCUT2D eigenvalue weighted by Crippen LogP contribution is 2.16. The molecule has 0 aromatic heterocycles. The average molecular weight is 316 g/mol. The molecule has 0 atom stereocenters. The number of halogens is 1. The van der Waals surface area contributed by atoms with Crippen molar-refractivity contribution in [2.45, 2.75) is 19.3 Å². The monoisotopic (exact) mass is 315 g/mol. The van der Waals surface area contributed by atoms with Gasteiger partial charge in [0.1, 0.15) is 13.2 Å². The van der Waals surface area contributed by atoms with E-state index < -0.39 is 0 Å². The Kier molecular flexibility index (Phi) is 7.56. The molecule has 0 amide bonds. The summed E-state index contributed by atoms with van der Waals surface area (Å²) in [4.78, 5) is 4.43. The lowest BCUT2D eigenvalue weighted by molar-refractivity contribution is 0.144. The van der Waals surface area contributed by atoms with Gasteiger partial charge in [-0.3, -0.25) is 0 Å². The average Bonchev–Trinajstić information content (AvgIpc) is 2.53. The smallest absolute Gasteiger partial charge is 0.164 e. The Morgan fingerprint density at radius 1 is 0.864 bits per heavy atom. The molecule has 2 rings (SSSR count). The fraction of sp³-hybridized carbons (Fsp3) is 0.389. The summed E-state index contributed by atoms with van der Waals surface area (Å²) in [5.74, 6) is 11.8. The van der Waals surface area contributed by atoms with E-state index in [1.807, 2.05) is 12.1 Å². The molecule has 0 fully saturated rings. The number of ether oxygens (including phenoxy) is 2. The largest absolute Gasteiger partial charge is 0.369 e. The van der Waals surface area contributed by atoms with E-state index in [1.165, 1.54) is 0 Å². The van der Waals surface area contributed by atoms with Gasteiger partial charge in [0.25, 0.3) is 0 Å². The molecule has 4 heteroatoms. The summed E-state index contributed by atoms with van der Waals surface area (Å²) in [5.41, 5.74) is 1.28. The van der Waals surface area contributed by atoms with Crippen LogP contribution in [0.3, 0.4) is 0 Å². The maximum atomic E-state index is 5.87. The van der Waals surface area contributed by atoms with Gasteiger partial charge in [0.05, 0.1) is 5.69 Å². The molecular weight excluding hydrogens is 298 g/mol. The normalized spacial score (nSPS) is 16.5. The van der Waals surface area contributed by atoms with Crippen LogP contribution in [0.15, 0.2) is 29.3 Å². The van der Waals surface area contributed by atoms with Crippen LogP contribution in [-0.4, -0.2) is 32.1 Å². The van der Waals surface area contributed by atoms with Crippen LogP contribution in [0, 0.1) is 23.7 Å². The number of nitrogens with zero attached hydrogens (tertiary/aromatic N) is 1. The Labute approximate surface area is 136 Å². The van der Waals surface area contributed by atoms with Crippen molar-refractivity contribution in [2.75, 3.05) is 26.4 Å². The number of hydrogen-bond acceptors (Lipinski definition) is 3. The van der Waals surface area contributed by atoms with Crippen molar-refractivity contribution < 1.29 is 9.47 Å². The van der Waals surface area contributed by atoms with Gasteiger partial charge < -0.3 is 9.47 Å². The summed E-state index contributed by atoms with van der Waals surface area (Å²) in [7, 11) is 0. The van der Waals surface area contributed by atoms with Gasteiger partial charge in [-0.05, 0) is 55.4 Å². The SMILES string of the molecule is Clc1ccc(N=C2C#CCOCCCCCOCC#C2)cc1. The topological polar surface area (TPSA) is 30.8 Å². The second-order valence-corrected chi connectivity index (χ2v) is 5.14. The minimum absolute atomic E-state index is 0.401. The maximum absolute atomic E-state index is 5.87. The predicted molar refractivity (Wildman–Crippen MR) is 89.6 cm³/mol. The standard InChI is InChI=1S/C18H18ClNO2/c19-16-8-10-18(11-9-16)20-17-6-4-14-21-12-2-1-3-13-22-15-5-7-17/h8-11H,1-3,12-15H2. The Hall–Kier alpha value is -1.78. The van der Waals surface area contributed by atoms with E-state index in [0.29, 0.717) is 23.9 Å². The molecule has 0 saturated carbocycles. The molecule has 1 aliphatic rings. The molecule has 0 bridgehead atoms. The van der Waals surface area contributed by atoms with Gasteiger partial charge in [-0.2, -0.15) is 0 Å². The van der Waals surface area contributed by atoms with E-state index in [-0.39, 0.29) is 0 Å². The first-order valence-electron chi connectivity index (χ1n) is 7.32. The minimum Gasteiger partial charge on any atom is -0.369 e. The van der Waals surface area contributed by atoms with Crippen LogP contribution in [0.1, 0.15) is 19.3 Å². The lowest BCUT2D eigenvalue weighted by Gasteiger charge is -2.02.